The van der Waals surface area contributed by atoms with Gasteiger partial charge in [0.1, 0.15) is 18.3 Å². The summed E-state index contributed by atoms with van der Waals surface area (Å²) < 4.78 is 31.2. The Morgan fingerprint density at radius 1 is 1.14 bits per heavy atom. The third-order valence-electron chi connectivity index (χ3n) is 5.66. The first-order valence-electron chi connectivity index (χ1n) is 11.3. The number of hydrogen-bond acceptors (Lipinski definition) is 7. The zero-order chi connectivity index (χ0) is 27.0. The number of methoxy groups -OCH3 is 1. The van der Waals surface area contributed by atoms with E-state index in [4.69, 9.17) is 4.74 Å². The molecular weight excluding hydrogens is 488 g/mol. The summed E-state index contributed by atoms with van der Waals surface area (Å²) in [5.74, 6) is -0.477. The molecule has 0 radical (unpaired) electrons. The molecule has 0 heterocycles. The molecule has 2 atom stereocenters. The second-order valence-corrected chi connectivity index (χ2v) is 10.3. The first kappa shape index (κ1) is 28.6. The molecule has 2 amide bonds. The van der Waals surface area contributed by atoms with E-state index in [1.807, 2.05) is 13.8 Å². The number of carbonyl (C=O) groups is 2. The summed E-state index contributed by atoms with van der Waals surface area (Å²) in [6, 6.07) is 10.9. The van der Waals surface area contributed by atoms with Crippen LogP contribution in [-0.2, 0) is 26.2 Å². The van der Waals surface area contributed by atoms with Gasteiger partial charge in [0, 0.05) is 24.7 Å². The Balaban J connectivity index is 2.44. The van der Waals surface area contributed by atoms with Crippen molar-refractivity contribution in [2.45, 2.75) is 45.8 Å². The van der Waals surface area contributed by atoms with Crippen molar-refractivity contribution in [1.82, 2.24) is 10.2 Å². The van der Waals surface area contributed by atoms with Crippen molar-refractivity contribution in [3.8, 4) is 5.75 Å². The van der Waals surface area contributed by atoms with Crippen LogP contribution in [0.5, 0.6) is 5.75 Å². The predicted octanol–water partition coefficient (Wildman–Crippen LogP) is 2.70. The normalized spacial score (nSPS) is 12.8. The third kappa shape index (κ3) is 7.67. The van der Waals surface area contributed by atoms with Gasteiger partial charge < -0.3 is 15.0 Å². The molecule has 0 bridgehead atoms. The number of nitrogens with one attached hydrogen (secondary N) is 1. The molecule has 0 spiro atoms. The molecular formula is C24H32N4O7S. The first-order chi connectivity index (χ1) is 16.9. The second-order valence-electron chi connectivity index (χ2n) is 8.41. The van der Waals surface area contributed by atoms with E-state index < -0.39 is 33.4 Å². The van der Waals surface area contributed by atoms with Crippen LogP contribution < -0.4 is 14.4 Å². The molecule has 1 N–H and O–H groups in total. The van der Waals surface area contributed by atoms with Gasteiger partial charge in [0.05, 0.1) is 24.0 Å². The highest BCUT2D eigenvalue weighted by Gasteiger charge is 2.31. The summed E-state index contributed by atoms with van der Waals surface area (Å²) in [6.45, 7) is 4.68. The van der Waals surface area contributed by atoms with Crippen LogP contribution in [0, 0.1) is 10.1 Å². The Kier molecular flexibility index (Phi) is 9.79. The molecule has 0 aliphatic heterocycles. The molecule has 0 fully saturated rings. The van der Waals surface area contributed by atoms with Gasteiger partial charge in [-0.05, 0) is 44.0 Å². The number of nitro benzene ring substituents is 1. The Labute approximate surface area is 211 Å². The van der Waals surface area contributed by atoms with Crippen LogP contribution in [-0.4, -0.2) is 62.0 Å². The number of anilines is 1. The number of amides is 2. The summed E-state index contributed by atoms with van der Waals surface area (Å²) in [4.78, 5) is 38.3. The highest BCUT2D eigenvalue weighted by molar-refractivity contribution is 7.92. The minimum absolute atomic E-state index is 0.0116. The summed E-state index contributed by atoms with van der Waals surface area (Å²) >= 11 is 0. The molecule has 0 aromatic heterocycles. The second kappa shape index (κ2) is 12.3. The Morgan fingerprint density at radius 3 is 2.39 bits per heavy atom. The van der Waals surface area contributed by atoms with E-state index in [-0.39, 0.29) is 29.9 Å². The molecule has 0 aliphatic carbocycles. The molecule has 11 nitrogen and oxygen atoms in total. The van der Waals surface area contributed by atoms with Gasteiger partial charge in [-0.3, -0.25) is 24.0 Å². The SMILES string of the molecule is CC[C@H](C)NC(=O)[C@@H](C)N(Cc1cccc(OC)c1)C(=O)CN(c1cccc([N+](=O)[O-])c1)S(C)(=O)=O. The topological polar surface area (TPSA) is 139 Å². The summed E-state index contributed by atoms with van der Waals surface area (Å²) in [5.41, 5.74) is 0.327. The largest absolute Gasteiger partial charge is 0.497 e. The van der Waals surface area contributed by atoms with Crippen LogP contribution in [0.25, 0.3) is 0 Å². The zero-order valence-corrected chi connectivity index (χ0v) is 21.8. The number of rotatable bonds is 12. The minimum atomic E-state index is -4.00. The van der Waals surface area contributed by atoms with Gasteiger partial charge >= 0.3 is 0 Å². The van der Waals surface area contributed by atoms with E-state index in [1.54, 1.807) is 31.2 Å². The smallest absolute Gasteiger partial charge is 0.271 e. The van der Waals surface area contributed by atoms with Crippen LogP contribution in [0.15, 0.2) is 48.5 Å². The maximum atomic E-state index is 13.5. The minimum Gasteiger partial charge on any atom is -0.497 e. The molecule has 0 saturated heterocycles. The van der Waals surface area contributed by atoms with E-state index in [1.165, 1.54) is 30.2 Å². The fourth-order valence-corrected chi connectivity index (χ4v) is 4.23. The lowest BCUT2D eigenvalue weighted by atomic mass is 10.1. The van der Waals surface area contributed by atoms with E-state index in [9.17, 15) is 28.1 Å². The Bertz CT molecular complexity index is 1200. The number of carbonyl (C=O) groups excluding carboxylic acids is 2. The maximum absolute atomic E-state index is 13.5. The molecule has 0 unspecified atom stereocenters. The Morgan fingerprint density at radius 2 is 1.81 bits per heavy atom. The van der Waals surface area contributed by atoms with Crippen molar-refractivity contribution in [2.24, 2.45) is 0 Å². The molecule has 0 saturated carbocycles. The molecule has 2 rings (SSSR count). The van der Waals surface area contributed by atoms with E-state index in [0.717, 1.165) is 16.6 Å². The van der Waals surface area contributed by atoms with Crippen molar-refractivity contribution < 1.29 is 27.7 Å². The summed E-state index contributed by atoms with van der Waals surface area (Å²) in [6.07, 6.45) is 1.60. The monoisotopic (exact) mass is 520 g/mol. The van der Waals surface area contributed by atoms with Crippen LogP contribution in [0.4, 0.5) is 11.4 Å². The lowest BCUT2D eigenvalue weighted by molar-refractivity contribution is -0.384. The highest BCUT2D eigenvalue weighted by Crippen LogP contribution is 2.24. The Hall–Kier alpha value is -3.67. The van der Waals surface area contributed by atoms with Crippen molar-refractivity contribution in [3.05, 3.63) is 64.2 Å². The van der Waals surface area contributed by atoms with Gasteiger partial charge in [-0.15, -0.1) is 0 Å². The van der Waals surface area contributed by atoms with Crippen molar-refractivity contribution in [3.63, 3.8) is 0 Å². The molecule has 2 aromatic rings. The van der Waals surface area contributed by atoms with Crippen molar-refractivity contribution in [2.75, 3.05) is 24.2 Å². The van der Waals surface area contributed by atoms with Crippen LogP contribution in [0.1, 0.15) is 32.8 Å². The average Bonchev–Trinajstić information content (AvgIpc) is 2.84. The number of benzene rings is 2. The van der Waals surface area contributed by atoms with Gasteiger partial charge in [0.15, 0.2) is 0 Å². The highest BCUT2D eigenvalue weighted by atomic mass is 32.2. The number of nitro groups is 1. The van der Waals surface area contributed by atoms with Crippen LogP contribution >= 0.6 is 0 Å². The molecule has 196 valence electrons. The number of non-ortho nitro benzene ring substituents is 1. The van der Waals surface area contributed by atoms with Crippen LogP contribution in [0.2, 0.25) is 0 Å². The summed E-state index contributed by atoms with van der Waals surface area (Å²) in [7, 11) is -2.49. The quantitative estimate of drug-likeness (QED) is 0.335. The standard InChI is InChI=1S/C24H32N4O7S/c1-6-17(2)25-24(30)18(3)26(15-19-9-7-12-22(13-19)35-4)23(29)16-27(36(5,33)34)20-10-8-11-21(14-20)28(31)32/h7-14,17-18H,6,15-16H2,1-5H3,(H,25,30)/t17-,18+/m0/s1. The molecule has 2 aromatic carbocycles. The van der Waals surface area contributed by atoms with E-state index >= 15 is 0 Å². The fourth-order valence-electron chi connectivity index (χ4n) is 3.39. The van der Waals surface area contributed by atoms with Gasteiger partial charge in [-0.2, -0.15) is 0 Å². The third-order valence-corrected chi connectivity index (χ3v) is 6.80. The fraction of sp³-hybridized carbons (Fsp3) is 0.417. The van der Waals surface area contributed by atoms with Crippen molar-refractivity contribution >= 4 is 33.2 Å². The van der Waals surface area contributed by atoms with Gasteiger partial charge in [-0.1, -0.05) is 25.1 Å². The number of sulfonamides is 1. The first-order valence-corrected chi connectivity index (χ1v) is 13.2. The van der Waals surface area contributed by atoms with E-state index in [2.05, 4.69) is 5.32 Å². The average molecular weight is 521 g/mol. The van der Waals surface area contributed by atoms with Gasteiger partial charge in [-0.25, -0.2) is 8.42 Å². The van der Waals surface area contributed by atoms with Gasteiger partial charge in [0.25, 0.3) is 5.69 Å². The lowest BCUT2D eigenvalue weighted by Gasteiger charge is -2.32. The van der Waals surface area contributed by atoms with Crippen molar-refractivity contribution in [1.29, 1.82) is 0 Å². The van der Waals surface area contributed by atoms with Crippen LogP contribution in [0.3, 0.4) is 0 Å². The number of nitrogens with zero attached hydrogens (tertiary/aromatic N) is 3. The van der Waals surface area contributed by atoms with E-state index in [0.29, 0.717) is 17.7 Å². The molecule has 12 heteroatoms. The van der Waals surface area contributed by atoms with Gasteiger partial charge in [0.2, 0.25) is 21.8 Å². The number of ether oxygens (including phenoxy) is 1. The number of hydrogen-bond donors (Lipinski definition) is 1. The maximum Gasteiger partial charge on any atom is 0.271 e. The predicted molar refractivity (Wildman–Crippen MR) is 136 cm³/mol. The summed E-state index contributed by atoms with van der Waals surface area (Å²) in [5, 5.41) is 14.0. The zero-order valence-electron chi connectivity index (χ0n) is 21.0. The molecule has 36 heavy (non-hydrogen) atoms. The molecule has 0 aliphatic rings. The lowest BCUT2D eigenvalue weighted by Crippen LogP contribution is -2.52.